The summed E-state index contributed by atoms with van der Waals surface area (Å²) in [7, 11) is 0. The zero-order valence-corrected chi connectivity index (χ0v) is 13.4. The Morgan fingerprint density at radius 2 is 2.00 bits per heavy atom. The first-order chi connectivity index (χ1) is 10.4. The molecule has 0 atom stereocenters. The molecule has 0 saturated carbocycles. The highest BCUT2D eigenvalue weighted by atomic mass is 16.5. The van der Waals surface area contributed by atoms with Gasteiger partial charge in [0, 0.05) is 13.1 Å². The summed E-state index contributed by atoms with van der Waals surface area (Å²) in [6.45, 7) is 7.65. The number of amides is 1. The molecule has 1 amide bonds. The van der Waals surface area contributed by atoms with Crippen LogP contribution in [0.4, 0.5) is 5.82 Å². The van der Waals surface area contributed by atoms with Gasteiger partial charge in [0.1, 0.15) is 11.4 Å². The van der Waals surface area contributed by atoms with Crippen molar-refractivity contribution in [2.24, 2.45) is 11.7 Å². The molecule has 6 nitrogen and oxygen atoms in total. The first-order valence-electron chi connectivity index (χ1n) is 7.67. The third-order valence-electron chi connectivity index (χ3n) is 4.04. The molecule has 6 heteroatoms. The van der Waals surface area contributed by atoms with E-state index in [1.165, 1.54) is 6.07 Å². The largest absolute Gasteiger partial charge is 0.462 e. The Kier molecular flexibility index (Phi) is 5.00. The molecule has 1 fully saturated rings. The number of aromatic nitrogens is 1. The van der Waals surface area contributed by atoms with Crippen LogP contribution in [0, 0.1) is 12.8 Å². The van der Waals surface area contributed by atoms with Gasteiger partial charge in [0.2, 0.25) is 0 Å². The van der Waals surface area contributed by atoms with E-state index in [0.29, 0.717) is 23.0 Å². The SMILES string of the molecule is CCOC(=O)c1cc(C(N)=O)c(C)nc1N1CCC(C)CC1. The van der Waals surface area contributed by atoms with Gasteiger partial charge in [-0.15, -0.1) is 0 Å². The van der Waals surface area contributed by atoms with E-state index in [2.05, 4.69) is 16.8 Å². The summed E-state index contributed by atoms with van der Waals surface area (Å²) in [5, 5.41) is 0. The molecule has 2 rings (SSSR count). The Hall–Kier alpha value is -2.11. The van der Waals surface area contributed by atoms with Gasteiger partial charge in [-0.05, 0) is 38.7 Å². The third-order valence-corrected chi connectivity index (χ3v) is 4.04. The number of ether oxygens (including phenoxy) is 1. The standard InChI is InChI=1S/C16H23N3O3/c1-4-22-16(21)13-9-12(14(17)20)11(3)18-15(13)19-7-5-10(2)6-8-19/h9-10H,4-8H2,1-3H3,(H2,17,20). The fourth-order valence-electron chi connectivity index (χ4n) is 2.66. The van der Waals surface area contributed by atoms with Crippen molar-refractivity contribution in [1.82, 2.24) is 4.98 Å². The van der Waals surface area contributed by atoms with E-state index in [9.17, 15) is 9.59 Å². The quantitative estimate of drug-likeness (QED) is 0.859. The highest BCUT2D eigenvalue weighted by Crippen LogP contribution is 2.27. The lowest BCUT2D eigenvalue weighted by molar-refractivity contribution is 0.0526. The molecule has 0 aromatic carbocycles. The Bertz CT molecular complexity index is 578. The summed E-state index contributed by atoms with van der Waals surface area (Å²) in [5.41, 5.74) is 6.47. The molecule has 1 saturated heterocycles. The van der Waals surface area contributed by atoms with Crippen molar-refractivity contribution < 1.29 is 14.3 Å². The molecule has 22 heavy (non-hydrogen) atoms. The van der Waals surface area contributed by atoms with Gasteiger partial charge in [0.25, 0.3) is 5.91 Å². The van der Waals surface area contributed by atoms with Crippen LogP contribution in [0.3, 0.4) is 0 Å². The summed E-state index contributed by atoms with van der Waals surface area (Å²) in [5.74, 6) is 0.210. The number of anilines is 1. The maximum Gasteiger partial charge on any atom is 0.341 e. The Morgan fingerprint density at radius 3 is 2.55 bits per heavy atom. The molecule has 2 heterocycles. The van der Waals surface area contributed by atoms with E-state index in [1.54, 1.807) is 13.8 Å². The second-order valence-corrected chi connectivity index (χ2v) is 5.75. The average Bonchev–Trinajstić information content (AvgIpc) is 2.47. The molecule has 1 aliphatic rings. The fraction of sp³-hybridized carbons (Fsp3) is 0.562. The Balaban J connectivity index is 2.44. The maximum atomic E-state index is 12.2. The van der Waals surface area contributed by atoms with Crippen molar-refractivity contribution in [2.45, 2.75) is 33.6 Å². The van der Waals surface area contributed by atoms with Crippen LogP contribution in [0.15, 0.2) is 6.07 Å². The monoisotopic (exact) mass is 305 g/mol. The topological polar surface area (TPSA) is 85.5 Å². The van der Waals surface area contributed by atoms with Crippen LogP contribution < -0.4 is 10.6 Å². The second kappa shape index (κ2) is 6.77. The van der Waals surface area contributed by atoms with E-state index < -0.39 is 11.9 Å². The molecule has 0 bridgehead atoms. The fourth-order valence-corrected chi connectivity index (χ4v) is 2.66. The van der Waals surface area contributed by atoms with Gasteiger partial charge in [-0.1, -0.05) is 6.92 Å². The van der Waals surface area contributed by atoms with Gasteiger partial charge in [0.05, 0.1) is 17.9 Å². The third kappa shape index (κ3) is 3.37. The van der Waals surface area contributed by atoms with Gasteiger partial charge in [-0.25, -0.2) is 9.78 Å². The smallest absolute Gasteiger partial charge is 0.341 e. The lowest BCUT2D eigenvalue weighted by atomic mass is 9.98. The van der Waals surface area contributed by atoms with Crippen molar-refractivity contribution in [3.8, 4) is 0 Å². The molecule has 1 aliphatic heterocycles. The number of nitrogens with two attached hydrogens (primary N) is 1. The van der Waals surface area contributed by atoms with Crippen molar-refractivity contribution >= 4 is 17.7 Å². The van der Waals surface area contributed by atoms with E-state index >= 15 is 0 Å². The van der Waals surface area contributed by atoms with Crippen molar-refractivity contribution in [3.63, 3.8) is 0 Å². The number of hydrogen-bond donors (Lipinski definition) is 1. The van der Waals surface area contributed by atoms with Crippen LogP contribution in [-0.2, 0) is 4.74 Å². The zero-order valence-electron chi connectivity index (χ0n) is 13.4. The van der Waals surface area contributed by atoms with Crippen molar-refractivity contribution in [1.29, 1.82) is 0 Å². The van der Waals surface area contributed by atoms with Gasteiger partial charge in [0.15, 0.2) is 0 Å². The molecule has 0 aliphatic carbocycles. The number of aryl methyl sites for hydroxylation is 1. The van der Waals surface area contributed by atoms with Gasteiger partial charge in [-0.3, -0.25) is 4.79 Å². The van der Waals surface area contributed by atoms with Crippen LogP contribution >= 0.6 is 0 Å². The molecular weight excluding hydrogens is 282 g/mol. The lowest BCUT2D eigenvalue weighted by Gasteiger charge is -2.32. The summed E-state index contributed by atoms with van der Waals surface area (Å²) in [4.78, 5) is 30.3. The van der Waals surface area contributed by atoms with Gasteiger partial charge in [-0.2, -0.15) is 0 Å². The van der Waals surface area contributed by atoms with Crippen LogP contribution in [0.25, 0.3) is 0 Å². The molecule has 0 unspecified atom stereocenters. The average molecular weight is 305 g/mol. The molecule has 120 valence electrons. The minimum absolute atomic E-state index is 0.261. The summed E-state index contributed by atoms with van der Waals surface area (Å²) < 4.78 is 5.10. The number of esters is 1. The lowest BCUT2D eigenvalue weighted by Crippen LogP contribution is -2.35. The molecule has 0 spiro atoms. The number of piperidine rings is 1. The predicted molar refractivity (Wildman–Crippen MR) is 84.1 cm³/mol. The van der Waals surface area contributed by atoms with Crippen molar-refractivity contribution in [3.05, 3.63) is 22.9 Å². The second-order valence-electron chi connectivity index (χ2n) is 5.75. The van der Waals surface area contributed by atoms with Gasteiger partial charge >= 0.3 is 5.97 Å². The van der Waals surface area contributed by atoms with E-state index in [-0.39, 0.29) is 12.2 Å². The van der Waals surface area contributed by atoms with Crippen LogP contribution in [0.2, 0.25) is 0 Å². The molecular formula is C16H23N3O3. The highest BCUT2D eigenvalue weighted by molar-refractivity contribution is 6.00. The molecule has 1 aromatic heterocycles. The Labute approximate surface area is 130 Å². The van der Waals surface area contributed by atoms with E-state index in [4.69, 9.17) is 10.5 Å². The van der Waals surface area contributed by atoms with Crippen LogP contribution in [-0.4, -0.2) is 36.6 Å². The van der Waals surface area contributed by atoms with Crippen LogP contribution in [0.5, 0.6) is 0 Å². The minimum atomic E-state index is -0.589. The number of rotatable bonds is 4. The highest BCUT2D eigenvalue weighted by Gasteiger charge is 2.25. The number of carbonyl (C=O) groups is 2. The normalized spacial score (nSPS) is 15.7. The van der Waals surface area contributed by atoms with E-state index in [0.717, 1.165) is 25.9 Å². The summed E-state index contributed by atoms with van der Waals surface area (Å²) >= 11 is 0. The van der Waals surface area contributed by atoms with Gasteiger partial charge < -0.3 is 15.4 Å². The number of hydrogen-bond acceptors (Lipinski definition) is 5. The van der Waals surface area contributed by atoms with Crippen molar-refractivity contribution in [2.75, 3.05) is 24.6 Å². The minimum Gasteiger partial charge on any atom is -0.462 e. The Morgan fingerprint density at radius 1 is 1.36 bits per heavy atom. The number of pyridine rings is 1. The van der Waals surface area contributed by atoms with Crippen LogP contribution in [0.1, 0.15) is 53.1 Å². The predicted octanol–water partition coefficient (Wildman–Crippen LogP) is 1.90. The molecule has 2 N–H and O–H groups in total. The first kappa shape index (κ1) is 16.3. The van der Waals surface area contributed by atoms with E-state index in [1.807, 2.05) is 0 Å². The number of nitrogens with zero attached hydrogens (tertiary/aromatic N) is 2. The molecule has 1 aromatic rings. The number of primary amides is 1. The maximum absolute atomic E-state index is 12.2. The molecule has 0 radical (unpaired) electrons. The zero-order chi connectivity index (χ0) is 16.3. The summed E-state index contributed by atoms with van der Waals surface area (Å²) in [6.07, 6.45) is 2.11. The number of carbonyl (C=O) groups excluding carboxylic acids is 2. The summed E-state index contributed by atoms with van der Waals surface area (Å²) in [6, 6.07) is 1.51. The first-order valence-corrected chi connectivity index (χ1v) is 7.67.